The number of aromatic nitrogens is 2. The Bertz CT molecular complexity index is 659. The standard InChI is InChI=1S/C15H15F2N3O/c1-10(15-12(16)7-18-8-13(15)17)19-14(21)4-3-11-5-6-20(2)9-11/h3-10H,1-2H3,(H,19,21)/b4-3+. The van der Waals surface area contributed by atoms with Crippen molar-refractivity contribution >= 4 is 12.0 Å². The van der Waals surface area contributed by atoms with Crippen LogP contribution < -0.4 is 5.32 Å². The SMILES string of the molecule is CC(NC(=O)/C=C/c1ccn(C)c1)c1c(F)cncc1F. The summed E-state index contributed by atoms with van der Waals surface area (Å²) in [6.07, 6.45) is 8.48. The van der Waals surface area contributed by atoms with Gasteiger partial charge in [0, 0.05) is 31.1 Å². The minimum Gasteiger partial charge on any atom is -0.357 e. The molecule has 6 heteroatoms. The van der Waals surface area contributed by atoms with Gasteiger partial charge in [-0.3, -0.25) is 9.78 Å². The lowest BCUT2D eigenvalue weighted by atomic mass is 10.1. The van der Waals surface area contributed by atoms with Crippen LogP contribution >= 0.6 is 0 Å². The Labute approximate surface area is 121 Å². The van der Waals surface area contributed by atoms with Gasteiger partial charge in [-0.05, 0) is 24.6 Å². The fraction of sp³-hybridized carbons (Fsp3) is 0.200. The van der Waals surface area contributed by atoms with Gasteiger partial charge in [-0.15, -0.1) is 0 Å². The van der Waals surface area contributed by atoms with Crippen LogP contribution in [0, 0.1) is 11.6 Å². The predicted octanol–water partition coefficient (Wildman–Crippen LogP) is 2.59. The summed E-state index contributed by atoms with van der Waals surface area (Å²) < 4.78 is 28.9. The highest BCUT2D eigenvalue weighted by Gasteiger charge is 2.17. The highest BCUT2D eigenvalue weighted by atomic mass is 19.1. The molecular formula is C15H15F2N3O. The van der Waals surface area contributed by atoms with E-state index in [-0.39, 0.29) is 5.56 Å². The molecule has 0 aliphatic rings. The molecule has 1 atom stereocenters. The number of hydrogen-bond acceptors (Lipinski definition) is 2. The molecule has 0 spiro atoms. The maximum absolute atomic E-state index is 13.5. The summed E-state index contributed by atoms with van der Waals surface area (Å²) in [4.78, 5) is 15.2. The van der Waals surface area contributed by atoms with Crippen LogP contribution in [0.2, 0.25) is 0 Å². The number of carbonyl (C=O) groups excluding carboxylic acids is 1. The van der Waals surface area contributed by atoms with Crippen molar-refractivity contribution in [1.82, 2.24) is 14.9 Å². The van der Waals surface area contributed by atoms with Gasteiger partial charge in [-0.25, -0.2) is 8.78 Å². The average molecular weight is 291 g/mol. The van der Waals surface area contributed by atoms with Gasteiger partial charge < -0.3 is 9.88 Å². The molecule has 0 aliphatic heterocycles. The number of amides is 1. The van der Waals surface area contributed by atoms with E-state index in [2.05, 4.69) is 10.3 Å². The normalized spacial score (nSPS) is 12.6. The van der Waals surface area contributed by atoms with Crippen molar-refractivity contribution in [3.05, 3.63) is 59.7 Å². The molecule has 1 amide bonds. The Morgan fingerprint density at radius 2 is 2.05 bits per heavy atom. The number of nitrogens with zero attached hydrogens (tertiary/aromatic N) is 2. The van der Waals surface area contributed by atoms with Crippen LogP contribution in [0.15, 0.2) is 36.9 Å². The van der Waals surface area contributed by atoms with Crippen LogP contribution in [0.4, 0.5) is 8.78 Å². The van der Waals surface area contributed by atoms with E-state index in [0.29, 0.717) is 0 Å². The molecule has 0 saturated carbocycles. The summed E-state index contributed by atoms with van der Waals surface area (Å²) in [5.41, 5.74) is 0.660. The quantitative estimate of drug-likeness (QED) is 0.880. The molecule has 2 rings (SSSR count). The summed E-state index contributed by atoms with van der Waals surface area (Å²) in [7, 11) is 1.87. The first-order chi connectivity index (χ1) is 9.97. The van der Waals surface area contributed by atoms with Gasteiger partial charge in [0.15, 0.2) is 0 Å². The number of nitrogens with one attached hydrogen (secondary N) is 1. The third-order valence-electron chi connectivity index (χ3n) is 2.96. The minimum atomic E-state index is -0.791. The first kappa shape index (κ1) is 14.9. The van der Waals surface area contributed by atoms with Crippen molar-refractivity contribution in [3.8, 4) is 0 Å². The Hall–Kier alpha value is -2.50. The second kappa shape index (κ2) is 6.30. The number of pyridine rings is 1. The molecule has 0 fully saturated rings. The lowest BCUT2D eigenvalue weighted by Gasteiger charge is -2.14. The van der Waals surface area contributed by atoms with Gasteiger partial charge in [0.25, 0.3) is 0 Å². The van der Waals surface area contributed by atoms with Gasteiger partial charge in [0.05, 0.1) is 18.4 Å². The van der Waals surface area contributed by atoms with Crippen LogP contribution in [0.1, 0.15) is 24.1 Å². The topological polar surface area (TPSA) is 46.9 Å². The number of rotatable bonds is 4. The van der Waals surface area contributed by atoms with E-state index in [1.54, 1.807) is 6.08 Å². The molecule has 0 aliphatic carbocycles. The number of aryl methyl sites for hydroxylation is 1. The molecule has 0 saturated heterocycles. The second-order valence-corrected chi connectivity index (χ2v) is 4.69. The van der Waals surface area contributed by atoms with Gasteiger partial charge in [-0.1, -0.05) is 0 Å². The van der Waals surface area contributed by atoms with E-state index in [4.69, 9.17) is 0 Å². The molecule has 2 heterocycles. The van der Waals surface area contributed by atoms with Crippen molar-refractivity contribution in [2.45, 2.75) is 13.0 Å². The Morgan fingerprint density at radius 3 is 2.62 bits per heavy atom. The lowest BCUT2D eigenvalue weighted by Crippen LogP contribution is -2.26. The summed E-state index contributed by atoms with van der Waals surface area (Å²) >= 11 is 0. The van der Waals surface area contributed by atoms with E-state index in [0.717, 1.165) is 18.0 Å². The first-order valence-corrected chi connectivity index (χ1v) is 6.37. The van der Waals surface area contributed by atoms with Crippen molar-refractivity contribution in [3.63, 3.8) is 0 Å². The number of carbonyl (C=O) groups is 1. The summed E-state index contributed by atoms with van der Waals surface area (Å²) in [6, 6.07) is 1.05. The van der Waals surface area contributed by atoms with Crippen molar-refractivity contribution in [1.29, 1.82) is 0 Å². The molecule has 0 bridgehead atoms. The minimum absolute atomic E-state index is 0.202. The zero-order chi connectivity index (χ0) is 15.4. The summed E-state index contributed by atoms with van der Waals surface area (Å²) in [6.45, 7) is 1.51. The van der Waals surface area contributed by atoms with Crippen LogP contribution in [0.5, 0.6) is 0 Å². The van der Waals surface area contributed by atoms with Crippen LogP contribution in [0.3, 0.4) is 0 Å². The molecule has 0 aromatic carbocycles. The van der Waals surface area contributed by atoms with Gasteiger partial charge in [0.2, 0.25) is 5.91 Å². The Morgan fingerprint density at radius 1 is 1.38 bits per heavy atom. The third-order valence-corrected chi connectivity index (χ3v) is 2.96. The highest BCUT2D eigenvalue weighted by molar-refractivity contribution is 5.91. The Kier molecular flexibility index (Phi) is 4.47. The molecule has 1 unspecified atom stereocenters. The molecule has 2 aromatic heterocycles. The van der Waals surface area contributed by atoms with E-state index in [1.165, 1.54) is 13.0 Å². The number of halogens is 2. The largest absolute Gasteiger partial charge is 0.357 e. The van der Waals surface area contributed by atoms with Gasteiger partial charge in [-0.2, -0.15) is 0 Å². The van der Waals surface area contributed by atoms with Crippen LogP contribution in [-0.2, 0) is 11.8 Å². The van der Waals surface area contributed by atoms with Crippen LogP contribution in [0.25, 0.3) is 6.08 Å². The monoisotopic (exact) mass is 291 g/mol. The van der Waals surface area contributed by atoms with E-state index >= 15 is 0 Å². The van der Waals surface area contributed by atoms with Gasteiger partial charge in [0.1, 0.15) is 11.6 Å². The smallest absolute Gasteiger partial charge is 0.244 e. The third kappa shape index (κ3) is 3.75. The summed E-state index contributed by atoms with van der Waals surface area (Å²) in [5.74, 6) is -1.99. The lowest BCUT2D eigenvalue weighted by molar-refractivity contribution is -0.117. The second-order valence-electron chi connectivity index (χ2n) is 4.69. The molecule has 110 valence electrons. The average Bonchev–Trinajstić information content (AvgIpc) is 2.82. The van der Waals surface area contributed by atoms with Crippen LogP contribution in [-0.4, -0.2) is 15.5 Å². The van der Waals surface area contributed by atoms with E-state index in [9.17, 15) is 13.6 Å². The maximum Gasteiger partial charge on any atom is 0.244 e. The summed E-state index contributed by atoms with van der Waals surface area (Å²) in [5, 5.41) is 2.51. The zero-order valence-electron chi connectivity index (χ0n) is 11.7. The number of hydrogen-bond donors (Lipinski definition) is 1. The molecule has 1 N–H and O–H groups in total. The van der Waals surface area contributed by atoms with Crippen molar-refractivity contribution in [2.75, 3.05) is 0 Å². The van der Waals surface area contributed by atoms with E-state index < -0.39 is 23.6 Å². The highest BCUT2D eigenvalue weighted by Crippen LogP contribution is 2.19. The first-order valence-electron chi connectivity index (χ1n) is 6.37. The predicted molar refractivity (Wildman–Crippen MR) is 75.2 cm³/mol. The van der Waals surface area contributed by atoms with Gasteiger partial charge >= 0.3 is 0 Å². The van der Waals surface area contributed by atoms with E-state index in [1.807, 2.05) is 30.1 Å². The Balaban J connectivity index is 2.04. The van der Waals surface area contributed by atoms with Crippen molar-refractivity contribution < 1.29 is 13.6 Å². The fourth-order valence-corrected chi connectivity index (χ4v) is 1.96. The molecule has 4 nitrogen and oxygen atoms in total. The molecular weight excluding hydrogens is 276 g/mol. The maximum atomic E-state index is 13.5. The zero-order valence-corrected chi connectivity index (χ0v) is 11.7. The fourth-order valence-electron chi connectivity index (χ4n) is 1.96. The van der Waals surface area contributed by atoms with Crippen molar-refractivity contribution in [2.24, 2.45) is 7.05 Å². The molecule has 21 heavy (non-hydrogen) atoms. The molecule has 0 radical (unpaired) electrons. The molecule has 2 aromatic rings.